The molecule has 2 bridgehead atoms. The van der Waals surface area contributed by atoms with Gasteiger partial charge in [-0.05, 0) is 61.9 Å². The van der Waals surface area contributed by atoms with Crippen LogP contribution in [-0.4, -0.2) is 26.8 Å². The molecule has 1 heterocycles. The average Bonchev–Trinajstić information content (AvgIpc) is 3.50. The van der Waals surface area contributed by atoms with E-state index in [4.69, 9.17) is 4.74 Å². The fraction of sp³-hybridized carbons (Fsp3) is 0.296. The molecular formula is C27H27N3O4. The lowest BCUT2D eigenvalue weighted by atomic mass is 9.82. The highest BCUT2D eigenvalue weighted by Gasteiger charge is 2.51. The van der Waals surface area contributed by atoms with Gasteiger partial charge >= 0.3 is 5.97 Å². The molecular weight excluding hydrogens is 430 g/mol. The number of carbonyl (C=O) groups excluding carboxylic acids is 1. The van der Waals surface area contributed by atoms with Gasteiger partial charge in [0.05, 0.1) is 35.5 Å². The Bertz CT molecular complexity index is 1260. The zero-order chi connectivity index (χ0) is 23.8. The quantitative estimate of drug-likeness (QED) is 0.497. The fourth-order valence-electron chi connectivity index (χ4n) is 5.26. The van der Waals surface area contributed by atoms with Crippen molar-refractivity contribution in [1.29, 1.82) is 0 Å². The molecule has 1 fully saturated rings. The maximum atomic E-state index is 13.1. The van der Waals surface area contributed by atoms with Crippen molar-refractivity contribution in [3.63, 3.8) is 0 Å². The van der Waals surface area contributed by atoms with E-state index in [9.17, 15) is 14.7 Å². The van der Waals surface area contributed by atoms with Crippen molar-refractivity contribution in [1.82, 2.24) is 9.78 Å². The molecule has 7 heteroatoms. The summed E-state index contributed by atoms with van der Waals surface area (Å²) in [5.74, 6) is -0.942. The largest absolute Gasteiger partial charge is 0.481 e. The van der Waals surface area contributed by atoms with E-state index in [0.29, 0.717) is 17.9 Å². The van der Waals surface area contributed by atoms with Gasteiger partial charge in [0.1, 0.15) is 11.5 Å². The maximum Gasteiger partial charge on any atom is 0.307 e. The molecule has 1 aromatic heterocycles. The van der Waals surface area contributed by atoms with Crippen LogP contribution in [0.3, 0.4) is 0 Å². The van der Waals surface area contributed by atoms with Gasteiger partial charge in [-0.2, -0.15) is 5.10 Å². The van der Waals surface area contributed by atoms with Crippen LogP contribution in [0, 0.1) is 37.5 Å². The topological polar surface area (TPSA) is 93.5 Å². The number of hydrogen-bond acceptors (Lipinski definition) is 4. The molecule has 0 radical (unpaired) electrons. The molecule has 7 nitrogen and oxygen atoms in total. The number of carboxylic acid groups (broad SMARTS) is 1. The molecule has 0 spiro atoms. The standard InChI is InChI=1S/C27H27N3O4/c1-16-25(28-26(31)23-19-11-12-20(14-19)24(23)27(32)33)17(2)30(29-16)15-18-7-6-10-22(13-18)34-21-8-4-3-5-9-21/h3-13,19-20,23-24H,14-15H2,1-2H3,(H,28,31)(H,32,33)/t19-,20-,23+,24-/m0/s1. The van der Waals surface area contributed by atoms with Crippen molar-refractivity contribution in [3.05, 3.63) is 83.7 Å². The summed E-state index contributed by atoms with van der Waals surface area (Å²) in [7, 11) is 0. The van der Waals surface area contributed by atoms with E-state index in [1.807, 2.05) is 85.3 Å². The van der Waals surface area contributed by atoms with Crippen LogP contribution in [0.25, 0.3) is 0 Å². The Morgan fingerprint density at radius 1 is 1.03 bits per heavy atom. The van der Waals surface area contributed by atoms with Crippen LogP contribution in [-0.2, 0) is 16.1 Å². The highest BCUT2D eigenvalue weighted by Crippen LogP contribution is 2.48. The summed E-state index contributed by atoms with van der Waals surface area (Å²) in [6.07, 6.45) is 4.66. The summed E-state index contributed by atoms with van der Waals surface area (Å²) >= 11 is 0. The minimum atomic E-state index is -0.904. The Hall–Kier alpha value is -3.87. The van der Waals surface area contributed by atoms with Crippen LogP contribution in [0.1, 0.15) is 23.4 Å². The summed E-state index contributed by atoms with van der Waals surface area (Å²) in [6.45, 7) is 4.28. The number of aliphatic carboxylic acids is 1. The van der Waals surface area contributed by atoms with Crippen LogP contribution in [0.4, 0.5) is 5.69 Å². The van der Waals surface area contributed by atoms with Gasteiger partial charge in [-0.1, -0.05) is 42.5 Å². The first-order chi connectivity index (χ1) is 16.4. The Balaban J connectivity index is 1.32. The first-order valence-corrected chi connectivity index (χ1v) is 11.5. The second-order valence-electron chi connectivity index (χ2n) is 9.09. The minimum Gasteiger partial charge on any atom is -0.481 e. The predicted octanol–water partition coefficient (Wildman–Crippen LogP) is 4.80. The number of carbonyl (C=O) groups is 2. The van der Waals surface area contributed by atoms with Gasteiger partial charge < -0.3 is 15.2 Å². The Morgan fingerprint density at radius 2 is 1.74 bits per heavy atom. The van der Waals surface area contributed by atoms with Gasteiger partial charge in [0.25, 0.3) is 0 Å². The zero-order valence-electron chi connectivity index (χ0n) is 19.1. The number of allylic oxidation sites excluding steroid dienone is 2. The van der Waals surface area contributed by atoms with Gasteiger partial charge in [0.2, 0.25) is 5.91 Å². The molecule has 0 saturated heterocycles. The smallest absolute Gasteiger partial charge is 0.307 e. The number of nitrogens with zero attached hydrogens (tertiary/aromatic N) is 2. The summed E-state index contributed by atoms with van der Waals surface area (Å²) in [4.78, 5) is 25.0. The number of amides is 1. The van der Waals surface area contributed by atoms with Crippen molar-refractivity contribution in [3.8, 4) is 11.5 Å². The van der Waals surface area contributed by atoms with Crippen LogP contribution in [0.15, 0.2) is 66.7 Å². The lowest BCUT2D eigenvalue weighted by Gasteiger charge is -2.23. The van der Waals surface area contributed by atoms with Gasteiger partial charge in [0, 0.05) is 0 Å². The lowest BCUT2D eigenvalue weighted by Crippen LogP contribution is -2.36. The van der Waals surface area contributed by atoms with Crippen LogP contribution in [0.2, 0.25) is 0 Å². The summed E-state index contributed by atoms with van der Waals surface area (Å²) in [5, 5.41) is 17.3. The van der Waals surface area contributed by atoms with Crippen molar-refractivity contribution in [2.24, 2.45) is 23.7 Å². The Kier molecular flexibility index (Phi) is 5.69. The van der Waals surface area contributed by atoms with Gasteiger partial charge in [0.15, 0.2) is 0 Å². The summed E-state index contributed by atoms with van der Waals surface area (Å²) < 4.78 is 7.79. The molecule has 1 amide bonds. The van der Waals surface area contributed by atoms with Crippen LogP contribution in [0.5, 0.6) is 11.5 Å². The third-order valence-electron chi connectivity index (χ3n) is 6.89. The molecule has 4 atom stereocenters. The molecule has 2 aliphatic carbocycles. The molecule has 174 valence electrons. The highest BCUT2D eigenvalue weighted by atomic mass is 16.5. The van der Waals surface area contributed by atoms with E-state index in [-0.39, 0.29) is 17.7 Å². The molecule has 0 aliphatic heterocycles. The SMILES string of the molecule is Cc1nn(Cc2cccc(Oc3ccccc3)c2)c(C)c1NC(=O)[C@H]1[C@@H](C(=O)O)[C@H]2C=C[C@H]1C2. The molecule has 0 unspecified atom stereocenters. The Morgan fingerprint density at radius 3 is 2.47 bits per heavy atom. The molecule has 1 saturated carbocycles. The normalized spacial score (nSPS) is 22.6. The summed E-state index contributed by atoms with van der Waals surface area (Å²) in [5.41, 5.74) is 3.19. The van der Waals surface area contributed by atoms with E-state index >= 15 is 0 Å². The van der Waals surface area contributed by atoms with Crippen LogP contribution < -0.4 is 10.1 Å². The van der Waals surface area contributed by atoms with E-state index in [1.54, 1.807) is 0 Å². The lowest BCUT2D eigenvalue weighted by molar-refractivity contribution is -0.146. The molecule has 2 N–H and O–H groups in total. The monoisotopic (exact) mass is 457 g/mol. The third kappa shape index (κ3) is 4.09. The van der Waals surface area contributed by atoms with E-state index in [2.05, 4.69) is 10.4 Å². The third-order valence-corrected chi connectivity index (χ3v) is 6.89. The molecule has 34 heavy (non-hydrogen) atoms. The molecule has 2 aliphatic rings. The first-order valence-electron chi connectivity index (χ1n) is 11.5. The van der Waals surface area contributed by atoms with E-state index in [0.717, 1.165) is 29.2 Å². The van der Waals surface area contributed by atoms with E-state index < -0.39 is 17.8 Å². The number of nitrogens with one attached hydrogen (secondary N) is 1. The van der Waals surface area contributed by atoms with Gasteiger partial charge in [-0.3, -0.25) is 14.3 Å². The number of ether oxygens (including phenoxy) is 1. The van der Waals surface area contributed by atoms with Gasteiger partial charge in [-0.15, -0.1) is 0 Å². The number of benzene rings is 2. The summed E-state index contributed by atoms with van der Waals surface area (Å²) in [6, 6.07) is 17.4. The Labute approximate surface area is 198 Å². The number of aryl methyl sites for hydroxylation is 1. The zero-order valence-corrected chi connectivity index (χ0v) is 19.1. The second kappa shape index (κ2) is 8.82. The van der Waals surface area contributed by atoms with Crippen molar-refractivity contribution in [2.75, 3.05) is 5.32 Å². The number of hydrogen-bond donors (Lipinski definition) is 2. The minimum absolute atomic E-state index is 0.0193. The fourth-order valence-corrected chi connectivity index (χ4v) is 5.26. The number of aromatic nitrogens is 2. The number of anilines is 1. The van der Waals surface area contributed by atoms with E-state index in [1.165, 1.54) is 0 Å². The number of rotatable bonds is 7. The number of para-hydroxylation sites is 1. The maximum absolute atomic E-state index is 13.1. The predicted molar refractivity (Wildman–Crippen MR) is 128 cm³/mol. The second-order valence-corrected chi connectivity index (χ2v) is 9.09. The van der Waals surface area contributed by atoms with Crippen LogP contribution >= 0.6 is 0 Å². The first kappa shape index (κ1) is 21.9. The number of carboxylic acids is 1. The van der Waals surface area contributed by atoms with Crippen molar-refractivity contribution >= 4 is 17.6 Å². The van der Waals surface area contributed by atoms with Crippen molar-refractivity contribution < 1.29 is 19.4 Å². The highest BCUT2D eigenvalue weighted by molar-refractivity contribution is 5.97. The van der Waals surface area contributed by atoms with Crippen molar-refractivity contribution in [2.45, 2.75) is 26.8 Å². The number of fused-ring (bicyclic) bond motifs is 2. The molecule has 2 aromatic carbocycles. The molecule has 3 aromatic rings. The molecule has 5 rings (SSSR count). The average molecular weight is 458 g/mol. The van der Waals surface area contributed by atoms with Gasteiger partial charge in [-0.25, -0.2) is 0 Å².